The third-order valence-electron chi connectivity index (χ3n) is 4.49. The van der Waals surface area contributed by atoms with Gasteiger partial charge in [0.15, 0.2) is 4.34 Å². The Morgan fingerprint density at radius 2 is 2.28 bits per heavy atom. The lowest BCUT2D eigenvalue weighted by Crippen LogP contribution is -2.61. The number of aromatic nitrogens is 1. The van der Waals surface area contributed by atoms with Crippen molar-refractivity contribution in [2.75, 3.05) is 5.73 Å². The van der Waals surface area contributed by atoms with Gasteiger partial charge in [-0.2, -0.15) is 0 Å². The third-order valence-corrected chi connectivity index (χ3v) is 6.68. The molecule has 0 unspecified atom stereocenters. The highest BCUT2D eigenvalue weighted by Gasteiger charge is 2.56. The topological polar surface area (TPSA) is 117 Å². The molecule has 3 atom stereocenters. The van der Waals surface area contributed by atoms with Crippen molar-refractivity contribution in [1.82, 2.24) is 9.88 Å². The molecule has 4 N–H and O–H groups in total. The largest absolute Gasteiger partial charge is 0.477 e. The van der Waals surface area contributed by atoms with Crippen LogP contribution in [0.25, 0.3) is 10.2 Å². The summed E-state index contributed by atoms with van der Waals surface area (Å²) >= 11 is 2.71. The number of carbonyl (C=O) groups excluding carboxylic acids is 1. The van der Waals surface area contributed by atoms with Crippen molar-refractivity contribution in [3.8, 4) is 0 Å². The van der Waals surface area contributed by atoms with E-state index in [1.807, 2.05) is 12.1 Å². The van der Waals surface area contributed by atoms with Crippen LogP contribution in [0.3, 0.4) is 0 Å². The number of amides is 1. The SMILES string of the molecule is C[C@@H](O)[C@H]1C(=O)N2C(C(=O)O)=C(Sc3nc4ccc(N)cc4s3)C[C@H]12. The normalized spacial score (nSPS) is 23.8. The van der Waals surface area contributed by atoms with Crippen LogP contribution < -0.4 is 5.73 Å². The average Bonchev–Trinajstić information content (AvgIpc) is 3.05. The minimum absolute atomic E-state index is 0.00988. The van der Waals surface area contributed by atoms with Crippen LogP contribution in [0.5, 0.6) is 0 Å². The lowest BCUT2D eigenvalue weighted by molar-refractivity contribution is -0.161. The van der Waals surface area contributed by atoms with Gasteiger partial charge in [0.1, 0.15) is 5.70 Å². The number of carboxylic acids is 1. The molecule has 2 aliphatic rings. The van der Waals surface area contributed by atoms with Gasteiger partial charge >= 0.3 is 5.97 Å². The van der Waals surface area contributed by atoms with E-state index in [0.717, 1.165) is 10.2 Å². The Labute approximate surface area is 151 Å². The van der Waals surface area contributed by atoms with Crippen molar-refractivity contribution in [2.24, 2.45) is 5.92 Å². The number of thiazole rings is 1. The number of carbonyl (C=O) groups is 2. The first-order chi connectivity index (χ1) is 11.9. The van der Waals surface area contributed by atoms with E-state index < -0.39 is 18.0 Å². The monoisotopic (exact) mass is 377 g/mol. The fourth-order valence-electron chi connectivity index (χ4n) is 3.39. The molecule has 4 rings (SSSR count). The molecule has 7 nitrogen and oxygen atoms in total. The second-order valence-corrected chi connectivity index (χ2v) is 8.50. The molecule has 1 amide bonds. The quantitative estimate of drug-likeness (QED) is 0.550. The summed E-state index contributed by atoms with van der Waals surface area (Å²) in [6.07, 6.45) is -0.371. The van der Waals surface area contributed by atoms with Gasteiger partial charge in [-0.3, -0.25) is 4.79 Å². The first-order valence-electron chi connectivity index (χ1n) is 7.68. The zero-order valence-electron chi connectivity index (χ0n) is 13.2. The number of rotatable bonds is 4. The van der Waals surface area contributed by atoms with E-state index in [0.29, 0.717) is 21.4 Å². The average molecular weight is 377 g/mol. The highest BCUT2D eigenvalue weighted by molar-refractivity contribution is 8.04. The first-order valence-corrected chi connectivity index (χ1v) is 9.31. The van der Waals surface area contributed by atoms with E-state index in [9.17, 15) is 19.8 Å². The van der Waals surface area contributed by atoms with Gasteiger partial charge in [0, 0.05) is 17.0 Å². The summed E-state index contributed by atoms with van der Waals surface area (Å²) in [4.78, 5) is 30.3. The van der Waals surface area contributed by atoms with E-state index >= 15 is 0 Å². The highest BCUT2D eigenvalue weighted by Crippen LogP contribution is 2.49. The molecular weight excluding hydrogens is 362 g/mol. The summed E-state index contributed by atoms with van der Waals surface area (Å²) in [7, 11) is 0. The molecule has 1 saturated heterocycles. The standard InChI is InChI=1S/C16H15N3O4S2/c1-6(20)12-9-5-11(13(15(22)23)19(9)14(12)21)25-16-18-8-3-2-7(17)4-10(8)24-16/h2-4,6,9,12,20H,5,17H2,1H3,(H,22,23)/t6-,9-,12-/m1/s1. The number of hydrogen-bond acceptors (Lipinski definition) is 7. The van der Waals surface area contributed by atoms with Gasteiger partial charge in [0.25, 0.3) is 0 Å². The molecule has 1 fully saturated rings. The minimum Gasteiger partial charge on any atom is -0.477 e. The number of benzene rings is 1. The Bertz CT molecular complexity index is 937. The predicted octanol–water partition coefficient (Wildman–Crippen LogP) is 1.88. The van der Waals surface area contributed by atoms with Gasteiger partial charge in [0.2, 0.25) is 5.91 Å². The van der Waals surface area contributed by atoms with Crippen molar-refractivity contribution < 1.29 is 19.8 Å². The van der Waals surface area contributed by atoms with E-state index in [4.69, 9.17) is 5.73 Å². The number of aliphatic hydroxyl groups is 1. The number of β-lactam (4-membered cyclic amide) rings is 1. The highest BCUT2D eigenvalue weighted by atomic mass is 32.2. The molecule has 0 aliphatic carbocycles. The van der Waals surface area contributed by atoms with Gasteiger partial charge in [-0.25, -0.2) is 9.78 Å². The van der Waals surface area contributed by atoms with Gasteiger partial charge in [-0.1, -0.05) is 11.8 Å². The Morgan fingerprint density at radius 1 is 1.52 bits per heavy atom. The number of aliphatic carboxylic acids is 1. The number of anilines is 1. The lowest BCUT2D eigenvalue weighted by atomic mass is 9.83. The minimum atomic E-state index is -1.13. The zero-order chi connectivity index (χ0) is 17.9. The van der Waals surface area contributed by atoms with Crippen LogP contribution in [0.4, 0.5) is 5.69 Å². The summed E-state index contributed by atoms with van der Waals surface area (Å²) in [6.45, 7) is 1.56. The molecule has 0 saturated carbocycles. The number of nitrogens with zero attached hydrogens (tertiary/aromatic N) is 2. The molecule has 25 heavy (non-hydrogen) atoms. The third kappa shape index (κ3) is 2.50. The number of thioether (sulfide) groups is 1. The van der Waals surface area contributed by atoms with Crippen LogP contribution in [-0.2, 0) is 9.59 Å². The van der Waals surface area contributed by atoms with Gasteiger partial charge in [-0.15, -0.1) is 11.3 Å². The van der Waals surface area contributed by atoms with Crippen molar-refractivity contribution in [3.05, 3.63) is 28.8 Å². The summed E-state index contributed by atoms with van der Waals surface area (Å²) in [5, 5.41) is 19.3. The van der Waals surface area contributed by atoms with E-state index in [2.05, 4.69) is 4.98 Å². The summed E-state index contributed by atoms with van der Waals surface area (Å²) in [6, 6.07) is 5.14. The maximum absolute atomic E-state index is 12.2. The molecular formula is C16H15N3O4S2. The number of aliphatic hydroxyl groups excluding tert-OH is 1. The fraction of sp³-hybridized carbons (Fsp3) is 0.312. The molecule has 3 heterocycles. The predicted molar refractivity (Wildman–Crippen MR) is 95.0 cm³/mol. The van der Waals surface area contributed by atoms with Crippen LogP contribution in [-0.4, -0.2) is 44.1 Å². The van der Waals surface area contributed by atoms with Crippen LogP contribution >= 0.6 is 23.1 Å². The maximum Gasteiger partial charge on any atom is 0.353 e. The Hall–Kier alpha value is -2.10. The van der Waals surface area contributed by atoms with Crippen molar-refractivity contribution in [3.63, 3.8) is 0 Å². The summed E-state index contributed by atoms with van der Waals surface area (Å²) < 4.78 is 1.64. The Kier molecular flexibility index (Phi) is 3.75. The molecule has 130 valence electrons. The lowest BCUT2D eigenvalue weighted by Gasteiger charge is -2.44. The number of nitrogen functional groups attached to an aromatic ring is 1. The van der Waals surface area contributed by atoms with Crippen molar-refractivity contribution >= 4 is 50.9 Å². The van der Waals surface area contributed by atoms with Crippen molar-refractivity contribution in [1.29, 1.82) is 0 Å². The molecule has 2 aliphatic heterocycles. The van der Waals surface area contributed by atoms with Gasteiger partial charge < -0.3 is 20.8 Å². The number of fused-ring (bicyclic) bond motifs is 2. The summed E-state index contributed by atoms with van der Waals surface area (Å²) in [5.74, 6) is -2.00. The fourth-order valence-corrected chi connectivity index (χ4v) is 5.77. The van der Waals surface area contributed by atoms with E-state index in [1.165, 1.54) is 28.0 Å². The number of carboxylic acid groups (broad SMARTS) is 1. The second kappa shape index (κ2) is 5.72. The first kappa shape index (κ1) is 16.4. The molecule has 2 aromatic rings. The van der Waals surface area contributed by atoms with E-state index in [1.54, 1.807) is 13.0 Å². The zero-order valence-corrected chi connectivity index (χ0v) is 14.8. The van der Waals surface area contributed by atoms with Gasteiger partial charge in [-0.05, 0) is 25.1 Å². The molecule has 0 spiro atoms. The Balaban J connectivity index is 1.66. The Morgan fingerprint density at radius 3 is 2.96 bits per heavy atom. The van der Waals surface area contributed by atoms with Gasteiger partial charge in [0.05, 0.1) is 28.3 Å². The van der Waals surface area contributed by atoms with Crippen LogP contribution in [0.2, 0.25) is 0 Å². The second-order valence-electron chi connectivity index (χ2n) is 6.13. The maximum atomic E-state index is 12.2. The van der Waals surface area contributed by atoms with Crippen molar-refractivity contribution in [2.45, 2.75) is 29.8 Å². The molecule has 0 bridgehead atoms. The van der Waals surface area contributed by atoms with Crippen LogP contribution in [0.15, 0.2) is 33.1 Å². The number of nitrogens with two attached hydrogens (primary N) is 1. The molecule has 9 heteroatoms. The van der Waals surface area contributed by atoms with Crippen LogP contribution in [0.1, 0.15) is 13.3 Å². The molecule has 1 aromatic heterocycles. The van der Waals surface area contributed by atoms with E-state index in [-0.39, 0.29) is 17.6 Å². The molecule has 0 radical (unpaired) electrons. The van der Waals surface area contributed by atoms with Crippen LogP contribution in [0, 0.1) is 5.92 Å². The molecule has 1 aromatic carbocycles. The smallest absolute Gasteiger partial charge is 0.353 e. The summed E-state index contributed by atoms with van der Waals surface area (Å²) in [5.41, 5.74) is 7.24. The number of hydrogen-bond donors (Lipinski definition) is 3.